The van der Waals surface area contributed by atoms with Crippen LogP contribution in [0.2, 0.25) is 0 Å². The number of aromatic nitrogens is 2. The van der Waals surface area contributed by atoms with Gasteiger partial charge in [0.25, 0.3) is 5.91 Å². The summed E-state index contributed by atoms with van der Waals surface area (Å²) in [6, 6.07) is 11.0. The highest BCUT2D eigenvalue weighted by molar-refractivity contribution is 7.09. The molecule has 124 valence electrons. The Balaban J connectivity index is 1.47. The molecule has 3 aromatic rings. The Morgan fingerprint density at radius 3 is 2.79 bits per heavy atom. The monoisotopic (exact) mass is 343 g/mol. The van der Waals surface area contributed by atoms with E-state index in [0.29, 0.717) is 29.6 Å². The van der Waals surface area contributed by atoms with Crippen LogP contribution < -0.4 is 10.1 Å². The number of rotatable bonds is 7. The first kappa shape index (κ1) is 16.2. The van der Waals surface area contributed by atoms with Crippen molar-refractivity contribution in [2.75, 3.05) is 6.54 Å². The minimum atomic E-state index is -0.0908. The van der Waals surface area contributed by atoms with Crippen molar-refractivity contribution >= 4 is 17.2 Å². The Kier molecular flexibility index (Phi) is 5.22. The Morgan fingerprint density at radius 2 is 2.12 bits per heavy atom. The van der Waals surface area contributed by atoms with E-state index in [0.717, 1.165) is 6.42 Å². The molecule has 0 saturated carbocycles. The predicted octanol–water partition coefficient (Wildman–Crippen LogP) is 2.99. The van der Waals surface area contributed by atoms with Gasteiger partial charge in [0.1, 0.15) is 5.75 Å². The van der Waals surface area contributed by atoms with Gasteiger partial charge in [0, 0.05) is 23.9 Å². The molecule has 0 aliphatic rings. The van der Waals surface area contributed by atoms with E-state index < -0.39 is 0 Å². The largest absolute Gasteiger partial charge is 0.485 e. The van der Waals surface area contributed by atoms with E-state index >= 15 is 0 Å². The molecule has 24 heavy (non-hydrogen) atoms. The van der Waals surface area contributed by atoms with E-state index in [1.165, 1.54) is 4.88 Å². The van der Waals surface area contributed by atoms with Crippen LogP contribution in [0.1, 0.15) is 27.0 Å². The van der Waals surface area contributed by atoms with Crippen LogP contribution in [0.15, 0.2) is 46.3 Å². The van der Waals surface area contributed by atoms with Gasteiger partial charge in [-0.2, -0.15) is 4.98 Å². The Hall–Kier alpha value is -2.67. The Bertz CT molecular complexity index is 782. The number of nitrogens with one attached hydrogen (secondary N) is 1. The van der Waals surface area contributed by atoms with Crippen LogP contribution >= 0.6 is 11.3 Å². The summed E-state index contributed by atoms with van der Waals surface area (Å²) in [6.07, 6.45) is 0.842. The fourth-order valence-corrected chi connectivity index (χ4v) is 2.82. The number of amides is 1. The molecule has 0 atom stereocenters. The molecule has 0 aliphatic carbocycles. The van der Waals surface area contributed by atoms with E-state index in [4.69, 9.17) is 9.26 Å². The first-order valence-corrected chi connectivity index (χ1v) is 8.41. The van der Waals surface area contributed by atoms with Crippen LogP contribution in [0.25, 0.3) is 0 Å². The molecule has 7 heteroatoms. The number of benzene rings is 1. The summed E-state index contributed by atoms with van der Waals surface area (Å²) in [5.41, 5.74) is 0.601. The van der Waals surface area contributed by atoms with E-state index in [2.05, 4.69) is 21.5 Å². The molecule has 2 aromatic heterocycles. The number of hydrogen-bond acceptors (Lipinski definition) is 6. The summed E-state index contributed by atoms with van der Waals surface area (Å²) in [4.78, 5) is 17.4. The number of ether oxygens (including phenoxy) is 1. The first-order valence-electron chi connectivity index (χ1n) is 7.53. The first-order chi connectivity index (χ1) is 11.7. The van der Waals surface area contributed by atoms with Crippen molar-refractivity contribution in [1.29, 1.82) is 0 Å². The van der Waals surface area contributed by atoms with Crippen molar-refractivity contribution in [1.82, 2.24) is 15.5 Å². The topological polar surface area (TPSA) is 77.2 Å². The van der Waals surface area contributed by atoms with Crippen molar-refractivity contribution in [3.8, 4) is 5.75 Å². The van der Waals surface area contributed by atoms with Gasteiger partial charge in [-0.3, -0.25) is 4.79 Å². The van der Waals surface area contributed by atoms with Gasteiger partial charge in [-0.05, 0) is 42.1 Å². The van der Waals surface area contributed by atoms with E-state index in [-0.39, 0.29) is 12.5 Å². The molecule has 0 radical (unpaired) electrons. The van der Waals surface area contributed by atoms with Gasteiger partial charge >= 0.3 is 0 Å². The number of carbonyl (C=O) groups is 1. The zero-order chi connectivity index (χ0) is 16.8. The molecule has 0 aliphatic heterocycles. The summed E-state index contributed by atoms with van der Waals surface area (Å²) in [6.45, 7) is 2.57. The van der Waals surface area contributed by atoms with Crippen LogP contribution in [0.4, 0.5) is 0 Å². The number of thiophene rings is 1. The van der Waals surface area contributed by atoms with Crippen LogP contribution in [-0.2, 0) is 13.0 Å². The fourth-order valence-electron chi connectivity index (χ4n) is 2.11. The van der Waals surface area contributed by atoms with Gasteiger partial charge in [-0.25, -0.2) is 0 Å². The number of nitrogens with zero attached hydrogens (tertiary/aromatic N) is 2. The van der Waals surface area contributed by atoms with E-state index in [1.54, 1.807) is 42.5 Å². The van der Waals surface area contributed by atoms with Crippen molar-refractivity contribution in [3.63, 3.8) is 0 Å². The molecule has 1 aromatic carbocycles. The number of aryl methyl sites for hydroxylation is 1. The highest BCUT2D eigenvalue weighted by Crippen LogP contribution is 2.14. The summed E-state index contributed by atoms with van der Waals surface area (Å²) in [5, 5.41) is 8.70. The third kappa shape index (κ3) is 4.42. The third-order valence-electron chi connectivity index (χ3n) is 3.29. The molecule has 2 heterocycles. The number of carbonyl (C=O) groups excluding carboxylic acids is 1. The zero-order valence-electron chi connectivity index (χ0n) is 13.2. The minimum absolute atomic E-state index is 0.0908. The quantitative estimate of drug-likeness (QED) is 0.713. The lowest BCUT2D eigenvalue weighted by atomic mass is 10.2. The van der Waals surface area contributed by atoms with Gasteiger partial charge in [0.05, 0.1) is 0 Å². The molecule has 3 rings (SSSR count). The second kappa shape index (κ2) is 7.74. The van der Waals surface area contributed by atoms with Gasteiger partial charge in [-0.1, -0.05) is 11.2 Å². The average Bonchev–Trinajstić information content (AvgIpc) is 3.25. The van der Waals surface area contributed by atoms with Crippen molar-refractivity contribution in [2.24, 2.45) is 0 Å². The van der Waals surface area contributed by atoms with Crippen molar-refractivity contribution in [3.05, 3.63) is 63.9 Å². The molecule has 0 spiro atoms. The summed E-state index contributed by atoms with van der Waals surface area (Å²) in [5.74, 6) is 1.55. The maximum absolute atomic E-state index is 12.1. The van der Waals surface area contributed by atoms with Gasteiger partial charge in [-0.15, -0.1) is 11.3 Å². The maximum atomic E-state index is 12.1. The van der Waals surface area contributed by atoms with E-state index in [1.807, 2.05) is 11.4 Å². The normalized spacial score (nSPS) is 10.5. The molecule has 1 N–H and O–H groups in total. The van der Waals surface area contributed by atoms with Crippen molar-refractivity contribution < 1.29 is 14.1 Å². The lowest BCUT2D eigenvalue weighted by molar-refractivity contribution is 0.0954. The maximum Gasteiger partial charge on any atom is 0.251 e. The second-order valence-electron chi connectivity index (χ2n) is 5.13. The van der Waals surface area contributed by atoms with Crippen molar-refractivity contribution in [2.45, 2.75) is 20.0 Å². The van der Waals surface area contributed by atoms with Gasteiger partial charge in [0.15, 0.2) is 6.61 Å². The average molecular weight is 343 g/mol. The predicted molar refractivity (Wildman–Crippen MR) is 90.2 cm³/mol. The third-order valence-corrected chi connectivity index (χ3v) is 4.23. The molecular formula is C17H17N3O3S. The van der Waals surface area contributed by atoms with Crippen LogP contribution in [-0.4, -0.2) is 22.6 Å². The molecule has 0 saturated heterocycles. The SMILES string of the molecule is Cc1nc(COc2ccc(C(=O)NCCc3cccs3)cc2)no1. The lowest BCUT2D eigenvalue weighted by Gasteiger charge is -2.06. The van der Waals surface area contributed by atoms with Crippen LogP contribution in [0.5, 0.6) is 5.75 Å². The zero-order valence-corrected chi connectivity index (χ0v) is 14.0. The summed E-state index contributed by atoms with van der Waals surface area (Å²) >= 11 is 1.69. The molecule has 0 fully saturated rings. The minimum Gasteiger partial charge on any atom is -0.485 e. The fraction of sp³-hybridized carbons (Fsp3) is 0.235. The highest BCUT2D eigenvalue weighted by atomic mass is 32.1. The van der Waals surface area contributed by atoms with Gasteiger partial charge < -0.3 is 14.6 Å². The molecule has 0 unspecified atom stereocenters. The van der Waals surface area contributed by atoms with Crippen LogP contribution in [0, 0.1) is 6.92 Å². The summed E-state index contributed by atoms with van der Waals surface area (Å²) < 4.78 is 10.4. The molecule has 1 amide bonds. The number of hydrogen-bond donors (Lipinski definition) is 1. The Labute approximate surface area is 143 Å². The standard InChI is InChI=1S/C17H17N3O3S/c1-12-19-16(20-23-12)11-22-14-6-4-13(5-7-14)17(21)18-9-8-15-3-2-10-24-15/h2-7,10H,8-9,11H2,1H3,(H,18,21). The lowest BCUT2D eigenvalue weighted by Crippen LogP contribution is -2.25. The molecule has 6 nitrogen and oxygen atoms in total. The summed E-state index contributed by atoms with van der Waals surface area (Å²) in [7, 11) is 0. The van der Waals surface area contributed by atoms with E-state index in [9.17, 15) is 4.79 Å². The van der Waals surface area contributed by atoms with Gasteiger partial charge in [0.2, 0.25) is 11.7 Å². The molecule has 0 bridgehead atoms. The Morgan fingerprint density at radius 1 is 1.29 bits per heavy atom. The second-order valence-corrected chi connectivity index (χ2v) is 6.16. The smallest absolute Gasteiger partial charge is 0.251 e. The van der Waals surface area contributed by atoms with Crippen LogP contribution in [0.3, 0.4) is 0 Å². The molecular weight excluding hydrogens is 326 g/mol. The highest BCUT2D eigenvalue weighted by Gasteiger charge is 2.07.